The standard InChI is InChI=1S/C19H21NO5/c1-13(15-6-4-7-16(10-15)24-2)19(23)20-11-14-5-3-8-17(9-14)25-12-18(21)22/h3-10,13H,11-12H2,1-2H3,(H,20,23)(H,21,22). The van der Waals surface area contributed by atoms with Gasteiger partial charge in [0, 0.05) is 6.54 Å². The van der Waals surface area contributed by atoms with Gasteiger partial charge in [-0.25, -0.2) is 4.79 Å². The second-order valence-corrected chi connectivity index (χ2v) is 5.55. The van der Waals surface area contributed by atoms with Gasteiger partial charge in [0.15, 0.2) is 6.61 Å². The number of carboxylic acids is 1. The van der Waals surface area contributed by atoms with Gasteiger partial charge in [0.1, 0.15) is 11.5 Å². The molecular formula is C19H21NO5. The molecule has 0 bridgehead atoms. The number of aliphatic carboxylic acids is 1. The molecule has 0 saturated heterocycles. The van der Waals surface area contributed by atoms with Crippen molar-refractivity contribution in [3.05, 3.63) is 59.7 Å². The minimum atomic E-state index is -1.04. The Bertz CT molecular complexity index is 744. The molecule has 0 heterocycles. The number of hydrogen-bond acceptors (Lipinski definition) is 4. The minimum absolute atomic E-state index is 0.106. The molecule has 132 valence electrons. The lowest BCUT2D eigenvalue weighted by molar-refractivity contribution is -0.139. The van der Waals surface area contributed by atoms with Gasteiger partial charge >= 0.3 is 5.97 Å². The van der Waals surface area contributed by atoms with E-state index in [9.17, 15) is 9.59 Å². The van der Waals surface area contributed by atoms with E-state index in [2.05, 4.69) is 5.32 Å². The lowest BCUT2D eigenvalue weighted by Gasteiger charge is -2.14. The zero-order valence-corrected chi connectivity index (χ0v) is 14.2. The average molecular weight is 343 g/mol. The van der Waals surface area contributed by atoms with Crippen molar-refractivity contribution in [2.75, 3.05) is 13.7 Å². The van der Waals surface area contributed by atoms with Crippen LogP contribution < -0.4 is 14.8 Å². The van der Waals surface area contributed by atoms with Crippen LogP contribution in [-0.4, -0.2) is 30.7 Å². The number of rotatable bonds is 8. The van der Waals surface area contributed by atoms with E-state index in [1.54, 1.807) is 25.3 Å². The summed E-state index contributed by atoms with van der Waals surface area (Å²) in [5, 5.41) is 11.5. The number of carbonyl (C=O) groups is 2. The first-order valence-corrected chi connectivity index (χ1v) is 7.85. The molecule has 0 aliphatic carbocycles. The Kier molecular flexibility index (Phi) is 6.39. The number of benzene rings is 2. The van der Waals surface area contributed by atoms with Crippen molar-refractivity contribution in [2.45, 2.75) is 19.4 Å². The van der Waals surface area contributed by atoms with Gasteiger partial charge in [0.05, 0.1) is 13.0 Å². The highest BCUT2D eigenvalue weighted by molar-refractivity contribution is 5.83. The first-order chi connectivity index (χ1) is 12.0. The summed E-state index contributed by atoms with van der Waals surface area (Å²) in [6, 6.07) is 14.4. The van der Waals surface area contributed by atoms with E-state index < -0.39 is 12.6 Å². The fraction of sp³-hybridized carbons (Fsp3) is 0.263. The van der Waals surface area contributed by atoms with Crippen molar-refractivity contribution in [3.8, 4) is 11.5 Å². The largest absolute Gasteiger partial charge is 0.497 e. The van der Waals surface area contributed by atoms with Gasteiger partial charge in [-0.1, -0.05) is 24.3 Å². The van der Waals surface area contributed by atoms with E-state index in [4.69, 9.17) is 14.6 Å². The lowest BCUT2D eigenvalue weighted by atomic mass is 10.00. The first kappa shape index (κ1) is 18.3. The van der Waals surface area contributed by atoms with Crippen LogP contribution in [0.15, 0.2) is 48.5 Å². The van der Waals surface area contributed by atoms with E-state index in [1.165, 1.54) is 0 Å². The summed E-state index contributed by atoms with van der Waals surface area (Å²) in [7, 11) is 1.59. The molecule has 0 fully saturated rings. The molecule has 1 unspecified atom stereocenters. The predicted molar refractivity (Wildman–Crippen MR) is 92.8 cm³/mol. The molecule has 25 heavy (non-hydrogen) atoms. The summed E-state index contributed by atoms with van der Waals surface area (Å²) in [5.41, 5.74) is 1.70. The molecule has 2 aromatic rings. The van der Waals surface area contributed by atoms with Crippen LogP contribution in [-0.2, 0) is 16.1 Å². The Morgan fingerprint density at radius 3 is 2.56 bits per heavy atom. The summed E-state index contributed by atoms with van der Waals surface area (Å²) < 4.78 is 10.3. The molecule has 0 saturated carbocycles. The van der Waals surface area contributed by atoms with Crippen LogP contribution in [0.1, 0.15) is 24.0 Å². The van der Waals surface area contributed by atoms with E-state index >= 15 is 0 Å². The molecule has 2 N–H and O–H groups in total. The number of carboxylic acid groups (broad SMARTS) is 1. The molecule has 0 aromatic heterocycles. The number of hydrogen-bond donors (Lipinski definition) is 2. The maximum Gasteiger partial charge on any atom is 0.341 e. The van der Waals surface area contributed by atoms with Crippen LogP contribution in [0.3, 0.4) is 0 Å². The maximum atomic E-state index is 12.4. The quantitative estimate of drug-likeness (QED) is 0.769. The SMILES string of the molecule is COc1cccc(C(C)C(=O)NCc2cccc(OCC(=O)O)c2)c1. The number of methoxy groups -OCH3 is 1. The van der Waals surface area contributed by atoms with Crippen molar-refractivity contribution in [2.24, 2.45) is 0 Å². The molecule has 0 spiro atoms. The fourth-order valence-electron chi connectivity index (χ4n) is 2.29. The molecular weight excluding hydrogens is 322 g/mol. The Morgan fingerprint density at radius 1 is 1.12 bits per heavy atom. The average Bonchev–Trinajstić information content (AvgIpc) is 2.64. The fourth-order valence-corrected chi connectivity index (χ4v) is 2.29. The molecule has 0 aliphatic heterocycles. The van der Waals surface area contributed by atoms with Crippen LogP contribution in [0.5, 0.6) is 11.5 Å². The van der Waals surface area contributed by atoms with Gasteiger partial charge in [-0.05, 0) is 42.3 Å². The maximum absolute atomic E-state index is 12.4. The highest BCUT2D eigenvalue weighted by atomic mass is 16.5. The van der Waals surface area contributed by atoms with E-state index in [0.717, 1.165) is 11.1 Å². The van der Waals surface area contributed by atoms with Crippen molar-refractivity contribution >= 4 is 11.9 Å². The van der Waals surface area contributed by atoms with Crippen LogP contribution in [0.4, 0.5) is 0 Å². The first-order valence-electron chi connectivity index (χ1n) is 7.85. The Labute approximate surface area is 146 Å². The lowest BCUT2D eigenvalue weighted by Crippen LogP contribution is -2.27. The Balaban J connectivity index is 1.94. The summed E-state index contributed by atoms with van der Waals surface area (Å²) in [5.74, 6) is -0.298. The smallest absolute Gasteiger partial charge is 0.341 e. The van der Waals surface area contributed by atoms with Crippen molar-refractivity contribution in [1.82, 2.24) is 5.32 Å². The molecule has 2 aromatic carbocycles. The number of ether oxygens (including phenoxy) is 2. The molecule has 0 aliphatic rings. The Morgan fingerprint density at radius 2 is 1.84 bits per heavy atom. The zero-order valence-electron chi connectivity index (χ0n) is 14.2. The third-order valence-corrected chi connectivity index (χ3v) is 3.71. The van der Waals surface area contributed by atoms with Crippen molar-refractivity contribution in [3.63, 3.8) is 0 Å². The highest BCUT2D eigenvalue weighted by Gasteiger charge is 2.15. The minimum Gasteiger partial charge on any atom is -0.497 e. The summed E-state index contributed by atoms with van der Waals surface area (Å²) in [6.07, 6.45) is 0. The van der Waals surface area contributed by atoms with Gasteiger partial charge in [-0.2, -0.15) is 0 Å². The Hall–Kier alpha value is -3.02. The number of nitrogens with one attached hydrogen (secondary N) is 1. The molecule has 6 nitrogen and oxygen atoms in total. The topological polar surface area (TPSA) is 84.9 Å². The van der Waals surface area contributed by atoms with Gasteiger partial charge in [0.25, 0.3) is 0 Å². The van der Waals surface area contributed by atoms with Gasteiger partial charge < -0.3 is 19.9 Å². The van der Waals surface area contributed by atoms with Crippen LogP contribution in [0.2, 0.25) is 0 Å². The highest BCUT2D eigenvalue weighted by Crippen LogP contribution is 2.21. The molecule has 1 amide bonds. The molecule has 1 atom stereocenters. The molecule has 2 rings (SSSR count). The zero-order chi connectivity index (χ0) is 18.2. The normalized spacial score (nSPS) is 11.4. The number of carbonyl (C=O) groups excluding carboxylic acids is 1. The van der Waals surface area contributed by atoms with Crippen molar-refractivity contribution in [1.29, 1.82) is 0 Å². The monoisotopic (exact) mass is 343 g/mol. The van der Waals surface area contributed by atoms with Crippen molar-refractivity contribution < 1.29 is 24.2 Å². The summed E-state index contributed by atoms with van der Waals surface area (Å²) >= 11 is 0. The number of amides is 1. The third-order valence-electron chi connectivity index (χ3n) is 3.71. The third kappa shape index (κ3) is 5.53. The second kappa shape index (κ2) is 8.73. The second-order valence-electron chi connectivity index (χ2n) is 5.55. The van der Waals surface area contributed by atoms with Gasteiger partial charge in [0.2, 0.25) is 5.91 Å². The van der Waals surface area contributed by atoms with Gasteiger partial charge in [-0.15, -0.1) is 0 Å². The molecule has 6 heteroatoms. The van der Waals surface area contributed by atoms with Gasteiger partial charge in [-0.3, -0.25) is 4.79 Å². The predicted octanol–water partition coefficient (Wildman–Crippen LogP) is 2.58. The van der Waals surface area contributed by atoms with Crippen LogP contribution in [0, 0.1) is 0 Å². The summed E-state index contributed by atoms with van der Waals surface area (Å²) in [6.45, 7) is 1.76. The van der Waals surface area contributed by atoms with E-state index in [-0.39, 0.29) is 11.8 Å². The molecule has 0 radical (unpaired) electrons. The van der Waals surface area contributed by atoms with E-state index in [1.807, 2.05) is 37.3 Å². The van der Waals surface area contributed by atoms with Crippen LogP contribution in [0.25, 0.3) is 0 Å². The summed E-state index contributed by atoms with van der Waals surface area (Å²) in [4.78, 5) is 22.9. The van der Waals surface area contributed by atoms with E-state index in [0.29, 0.717) is 18.0 Å². The van der Waals surface area contributed by atoms with Crippen LogP contribution >= 0.6 is 0 Å².